The molecule has 3 heteroatoms. The third-order valence-electron chi connectivity index (χ3n) is 3.16. The summed E-state index contributed by atoms with van der Waals surface area (Å²) in [6.07, 6.45) is 1.46. The molecule has 1 atom stereocenters. The van der Waals surface area contributed by atoms with Crippen LogP contribution in [0.5, 0.6) is 0 Å². The summed E-state index contributed by atoms with van der Waals surface area (Å²) in [5.41, 5.74) is 2.51. The van der Waals surface area contributed by atoms with Crippen LogP contribution in [-0.2, 0) is 4.79 Å². The van der Waals surface area contributed by atoms with Crippen molar-refractivity contribution in [2.45, 2.75) is 32.6 Å². The number of hydrogen-bond acceptors (Lipinski definition) is 2. The Balaban J connectivity index is 2.55. The molecule has 0 saturated heterocycles. The third-order valence-corrected chi connectivity index (χ3v) is 3.16. The quantitative estimate of drug-likeness (QED) is 0.894. The predicted octanol–water partition coefficient (Wildman–Crippen LogP) is 3.51. The number of benzene rings is 1. The molecule has 0 spiro atoms. The molecule has 1 unspecified atom stereocenters. The molecule has 1 aromatic heterocycles. The van der Waals surface area contributed by atoms with Gasteiger partial charge >= 0.3 is 5.97 Å². The number of aryl methyl sites for hydroxylation is 1. The third kappa shape index (κ3) is 2.35. The van der Waals surface area contributed by atoms with Crippen molar-refractivity contribution in [2.75, 3.05) is 0 Å². The SMILES string of the molecule is CCCC(C(=O)O)c1nc2ccccc2cc1C. The number of pyridine rings is 1. The number of nitrogens with zero attached hydrogens (tertiary/aromatic N) is 1. The van der Waals surface area contributed by atoms with Crippen LogP contribution in [0.3, 0.4) is 0 Å². The highest BCUT2D eigenvalue weighted by Crippen LogP contribution is 2.26. The van der Waals surface area contributed by atoms with Gasteiger partial charge in [0, 0.05) is 5.39 Å². The molecule has 0 bridgehead atoms. The van der Waals surface area contributed by atoms with Crippen LogP contribution in [0, 0.1) is 6.92 Å². The number of fused-ring (bicyclic) bond motifs is 1. The van der Waals surface area contributed by atoms with Gasteiger partial charge in [0.1, 0.15) is 0 Å². The minimum atomic E-state index is -0.789. The number of carboxylic acids is 1. The summed E-state index contributed by atoms with van der Waals surface area (Å²) in [7, 11) is 0. The van der Waals surface area contributed by atoms with Gasteiger partial charge in [-0.3, -0.25) is 9.78 Å². The molecule has 0 amide bonds. The van der Waals surface area contributed by atoms with Gasteiger partial charge in [0.15, 0.2) is 0 Å². The smallest absolute Gasteiger partial charge is 0.312 e. The summed E-state index contributed by atoms with van der Waals surface area (Å²) in [6.45, 7) is 3.92. The molecule has 0 saturated carbocycles. The first-order chi connectivity index (χ1) is 8.63. The van der Waals surface area contributed by atoms with Gasteiger partial charge in [-0.2, -0.15) is 0 Å². The number of hydrogen-bond donors (Lipinski definition) is 1. The average molecular weight is 243 g/mol. The van der Waals surface area contributed by atoms with Crippen molar-refractivity contribution in [1.29, 1.82) is 0 Å². The molecule has 94 valence electrons. The monoisotopic (exact) mass is 243 g/mol. The van der Waals surface area contributed by atoms with Gasteiger partial charge in [-0.05, 0) is 31.0 Å². The van der Waals surface area contributed by atoms with Crippen molar-refractivity contribution in [3.8, 4) is 0 Å². The lowest BCUT2D eigenvalue weighted by molar-refractivity contribution is -0.139. The van der Waals surface area contributed by atoms with E-state index in [1.165, 1.54) is 0 Å². The van der Waals surface area contributed by atoms with Crippen LogP contribution in [0.25, 0.3) is 10.9 Å². The molecule has 2 rings (SSSR count). The topological polar surface area (TPSA) is 50.2 Å². The Morgan fingerprint density at radius 3 is 2.78 bits per heavy atom. The lowest BCUT2D eigenvalue weighted by Gasteiger charge is -2.14. The molecule has 2 aromatic rings. The van der Waals surface area contributed by atoms with Crippen LogP contribution in [0.15, 0.2) is 30.3 Å². The first kappa shape index (κ1) is 12.6. The highest BCUT2D eigenvalue weighted by atomic mass is 16.4. The van der Waals surface area contributed by atoms with Crippen molar-refractivity contribution in [3.05, 3.63) is 41.6 Å². The van der Waals surface area contributed by atoms with E-state index in [-0.39, 0.29) is 0 Å². The van der Waals surface area contributed by atoms with Crippen LogP contribution >= 0.6 is 0 Å². The number of para-hydroxylation sites is 1. The molecule has 1 heterocycles. The number of aliphatic carboxylic acids is 1. The Morgan fingerprint density at radius 2 is 2.11 bits per heavy atom. The van der Waals surface area contributed by atoms with E-state index >= 15 is 0 Å². The Kier molecular flexibility index (Phi) is 3.60. The highest BCUT2D eigenvalue weighted by Gasteiger charge is 2.22. The molecule has 1 aromatic carbocycles. The summed E-state index contributed by atoms with van der Waals surface area (Å²) in [5.74, 6) is -1.29. The lowest BCUT2D eigenvalue weighted by Crippen LogP contribution is -2.14. The zero-order valence-electron chi connectivity index (χ0n) is 10.7. The number of aromatic nitrogens is 1. The standard InChI is InChI=1S/C15H17NO2/c1-3-6-12(15(17)18)14-10(2)9-11-7-4-5-8-13(11)16-14/h4-5,7-9,12H,3,6H2,1-2H3,(H,17,18). The summed E-state index contributed by atoms with van der Waals surface area (Å²) < 4.78 is 0. The fourth-order valence-electron chi connectivity index (χ4n) is 2.26. The second kappa shape index (κ2) is 5.17. The normalized spacial score (nSPS) is 12.6. The minimum absolute atomic E-state index is 0.500. The van der Waals surface area contributed by atoms with Crippen molar-refractivity contribution in [2.24, 2.45) is 0 Å². The van der Waals surface area contributed by atoms with E-state index < -0.39 is 11.9 Å². The van der Waals surface area contributed by atoms with Crippen LogP contribution in [-0.4, -0.2) is 16.1 Å². The molecule has 0 fully saturated rings. The average Bonchev–Trinajstić information content (AvgIpc) is 2.35. The molecular formula is C15H17NO2. The number of rotatable bonds is 4. The Labute approximate surface area is 106 Å². The van der Waals surface area contributed by atoms with E-state index in [4.69, 9.17) is 0 Å². The fourth-order valence-corrected chi connectivity index (χ4v) is 2.26. The second-order valence-corrected chi connectivity index (χ2v) is 4.56. The van der Waals surface area contributed by atoms with Crippen LogP contribution < -0.4 is 0 Å². The Hall–Kier alpha value is -1.90. The minimum Gasteiger partial charge on any atom is -0.481 e. The Bertz CT molecular complexity index is 578. The van der Waals surface area contributed by atoms with Gasteiger partial charge in [-0.25, -0.2) is 0 Å². The van der Waals surface area contributed by atoms with Gasteiger partial charge in [-0.1, -0.05) is 31.5 Å². The predicted molar refractivity (Wildman–Crippen MR) is 71.8 cm³/mol. The first-order valence-corrected chi connectivity index (χ1v) is 6.22. The molecule has 0 radical (unpaired) electrons. The molecule has 0 aliphatic heterocycles. The van der Waals surface area contributed by atoms with E-state index in [9.17, 15) is 9.90 Å². The lowest BCUT2D eigenvalue weighted by atomic mass is 9.95. The van der Waals surface area contributed by atoms with E-state index in [2.05, 4.69) is 4.98 Å². The van der Waals surface area contributed by atoms with Crippen LogP contribution in [0.1, 0.15) is 36.9 Å². The van der Waals surface area contributed by atoms with Gasteiger partial charge < -0.3 is 5.11 Å². The molecule has 18 heavy (non-hydrogen) atoms. The maximum absolute atomic E-state index is 11.3. The van der Waals surface area contributed by atoms with Gasteiger partial charge in [-0.15, -0.1) is 0 Å². The van der Waals surface area contributed by atoms with E-state index in [0.717, 1.165) is 22.9 Å². The van der Waals surface area contributed by atoms with E-state index in [0.29, 0.717) is 12.1 Å². The molecule has 0 aliphatic rings. The second-order valence-electron chi connectivity index (χ2n) is 4.56. The molecular weight excluding hydrogens is 226 g/mol. The fraction of sp³-hybridized carbons (Fsp3) is 0.333. The van der Waals surface area contributed by atoms with E-state index in [1.54, 1.807) is 0 Å². The van der Waals surface area contributed by atoms with Crippen molar-refractivity contribution >= 4 is 16.9 Å². The summed E-state index contributed by atoms with van der Waals surface area (Å²) in [4.78, 5) is 15.9. The maximum atomic E-state index is 11.3. The van der Waals surface area contributed by atoms with Crippen molar-refractivity contribution in [3.63, 3.8) is 0 Å². The van der Waals surface area contributed by atoms with Gasteiger partial charge in [0.2, 0.25) is 0 Å². The maximum Gasteiger partial charge on any atom is 0.312 e. The van der Waals surface area contributed by atoms with Gasteiger partial charge in [0.05, 0.1) is 17.1 Å². The zero-order valence-corrected chi connectivity index (χ0v) is 10.7. The summed E-state index contributed by atoms with van der Waals surface area (Å²) in [5, 5.41) is 10.4. The molecule has 3 nitrogen and oxygen atoms in total. The van der Waals surface area contributed by atoms with Crippen molar-refractivity contribution in [1.82, 2.24) is 4.98 Å². The van der Waals surface area contributed by atoms with Crippen LogP contribution in [0.4, 0.5) is 0 Å². The summed E-state index contributed by atoms with van der Waals surface area (Å²) in [6, 6.07) is 9.81. The summed E-state index contributed by atoms with van der Waals surface area (Å²) >= 11 is 0. The van der Waals surface area contributed by atoms with Gasteiger partial charge in [0.25, 0.3) is 0 Å². The number of carbonyl (C=O) groups is 1. The largest absolute Gasteiger partial charge is 0.481 e. The zero-order chi connectivity index (χ0) is 13.1. The molecule has 0 aliphatic carbocycles. The molecule has 1 N–H and O–H groups in total. The highest BCUT2D eigenvalue weighted by molar-refractivity contribution is 5.82. The van der Waals surface area contributed by atoms with Crippen molar-refractivity contribution < 1.29 is 9.90 Å². The van der Waals surface area contributed by atoms with E-state index in [1.807, 2.05) is 44.2 Å². The number of carboxylic acid groups (broad SMARTS) is 1. The van der Waals surface area contributed by atoms with Crippen LogP contribution in [0.2, 0.25) is 0 Å². The first-order valence-electron chi connectivity index (χ1n) is 6.22. The Morgan fingerprint density at radius 1 is 1.39 bits per heavy atom.